The molecule has 0 fully saturated rings. The molecule has 0 spiro atoms. The largest absolute Gasteiger partial charge is 0.434 e. The number of nitrogens with two attached hydrogens (primary N) is 1. The van der Waals surface area contributed by atoms with E-state index in [1.807, 2.05) is 0 Å². The number of aromatic nitrogens is 1. The first-order chi connectivity index (χ1) is 7.27. The molecule has 0 aromatic carbocycles. The van der Waals surface area contributed by atoms with Gasteiger partial charge in [-0.05, 0) is 6.07 Å². The van der Waals surface area contributed by atoms with Crippen molar-refractivity contribution in [1.29, 1.82) is 0 Å². The Morgan fingerprint density at radius 2 is 1.94 bits per heavy atom. The van der Waals surface area contributed by atoms with Gasteiger partial charge in [0.25, 0.3) is 6.43 Å². The average molecular weight is 261 g/mol. The number of halogens is 6. The van der Waals surface area contributed by atoms with Crippen LogP contribution in [0.25, 0.3) is 0 Å². The smallest absolute Gasteiger partial charge is 0.325 e. The van der Waals surface area contributed by atoms with E-state index in [9.17, 15) is 22.0 Å². The van der Waals surface area contributed by atoms with Gasteiger partial charge < -0.3 is 5.73 Å². The molecule has 0 radical (unpaired) electrons. The Balaban J connectivity index is 3.37. The third kappa shape index (κ3) is 2.59. The van der Waals surface area contributed by atoms with Crippen molar-refractivity contribution >= 4 is 11.6 Å². The topological polar surface area (TPSA) is 38.9 Å². The van der Waals surface area contributed by atoms with Crippen LogP contribution in [-0.2, 0) is 12.7 Å². The maximum atomic E-state index is 12.4. The minimum absolute atomic E-state index is 0.508. The van der Waals surface area contributed by atoms with E-state index in [4.69, 9.17) is 17.3 Å². The molecule has 1 aromatic heterocycles. The summed E-state index contributed by atoms with van der Waals surface area (Å²) in [5.41, 5.74) is 2.45. The van der Waals surface area contributed by atoms with Gasteiger partial charge in [-0.3, -0.25) is 0 Å². The maximum Gasteiger partial charge on any atom is 0.434 e. The lowest BCUT2D eigenvalue weighted by atomic mass is 10.1. The molecule has 0 aliphatic carbocycles. The number of pyridine rings is 1. The molecule has 8 heteroatoms. The summed E-state index contributed by atoms with van der Waals surface area (Å²) < 4.78 is 61.7. The van der Waals surface area contributed by atoms with Gasteiger partial charge >= 0.3 is 6.18 Å². The molecule has 0 bridgehead atoms. The van der Waals surface area contributed by atoms with Crippen LogP contribution in [0.1, 0.15) is 23.4 Å². The zero-order valence-electron chi connectivity index (χ0n) is 7.65. The lowest BCUT2D eigenvalue weighted by molar-refractivity contribution is -0.141. The van der Waals surface area contributed by atoms with Crippen LogP contribution in [0.5, 0.6) is 0 Å². The summed E-state index contributed by atoms with van der Waals surface area (Å²) in [6.07, 6.45) is -7.76. The number of hydrogen-bond acceptors (Lipinski definition) is 2. The highest BCUT2D eigenvalue weighted by molar-refractivity contribution is 6.31. The Hall–Kier alpha value is -0.950. The number of nitrogens with zero attached hydrogens (tertiary/aromatic N) is 1. The molecule has 0 saturated heterocycles. The van der Waals surface area contributed by atoms with Gasteiger partial charge in [-0.1, -0.05) is 11.6 Å². The van der Waals surface area contributed by atoms with Crippen LogP contribution in [0.15, 0.2) is 6.07 Å². The molecule has 90 valence electrons. The fourth-order valence-corrected chi connectivity index (χ4v) is 1.36. The summed E-state index contributed by atoms with van der Waals surface area (Å²) in [5.74, 6) is 0. The molecule has 1 rings (SSSR count). The Morgan fingerprint density at radius 1 is 1.38 bits per heavy atom. The minimum Gasteiger partial charge on any atom is -0.325 e. The number of alkyl halides is 5. The molecule has 0 atom stereocenters. The Labute approximate surface area is 92.2 Å². The monoisotopic (exact) mass is 260 g/mol. The van der Waals surface area contributed by atoms with E-state index < -0.39 is 41.1 Å². The minimum atomic E-state index is -4.79. The first-order valence-corrected chi connectivity index (χ1v) is 4.40. The van der Waals surface area contributed by atoms with Crippen molar-refractivity contribution in [3.8, 4) is 0 Å². The van der Waals surface area contributed by atoms with E-state index >= 15 is 0 Å². The summed E-state index contributed by atoms with van der Waals surface area (Å²) in [7, 11) is 0. The Bertz CT molecular complexity index is 391. The highest BCUT2D eigenvalue weighted by atomic mass is 35.5. The van der Waals surface area contributed by atoms with E-state index in [2.05, 4.69) is 4.98 Å². The summed E-state index contributed by atoms with van der Waals surface area (Å²) in [6.45, 7) is -0.514. The molecule has 0 saturated carbocycles. The van der Waals surface area contributed by atoms with Gasteiger partial charge in [0.2, 0.25) is 0 Å². The van der Waals surface area contributed by atoms with Gasteiger partial charge in [-0.15, -0.1) is 0 Å². The molecule has 2 N–H and O–H groups in total. The molecule has 0 aliphatic heterocycles. The van der Waals surface area contributed by atoms with Crippen molar-refractivity contribution in [2.24, 2.45) is 5.73 Å². The van der Waals surface area contributed by atoms with Crippen molar-refractivity contribution in [3.05, 3.63) is 28.0 Å². The van der Waals surface area contributed by atoms with Gasteiger partial charge in [0.1, 0.15) is 0 Å². The normalized spacial score (nSPS) is 12.2. The molecule has 16 heavy (non-hydrogen) atoms. The predicted molar refractivity (Wildman–Crippen MR) is 47.1 cm³/mol. The summed E-state index contributed by atoms with van der Waals surface area (Å²) in [6, 6.07) is 0.546. The summed E-state index contributed by atoms with van der Waals surface area (Å²) >= 11 is 5.23. The molecular weight excluding hydrogens is 255 g/mol. The standard InChI is InChI=1S/C8H6ClF5N2/c9-4-1-3(7(10)11)5(2-15)16-6(4)8(12,13)14/h1,7H,2,15H2. The molecule has 0 aliphatic rings. The highest BCUT2D eigenvalue weighted by Gasteiger charge is 2.36. The van der Waals surface area contributed by atoms with Gasteiger partial charge in [-0.2, -0.15) is 13.2 Å². The second-order valence-corrected chi connectivity index (χ2v) is 3.26. The molecule has 1 aromatic rings. The van der Waals surface area contributed by atoms with Gasteiger partial charge in [0.15, 0.2) is 5.69 Å². The Kier molecular flexibility index (Phi) is 3.69. The summed E-state index contributed by atoms with van der Waals surface area (Å²) in [5, 5.41) is -0.861. The third-order valence-electron chi connectivity index (χ3n) is 1.79. The number of hydrogen-bond donors (Lipinski definition) is 1. The van der Waals surface area contributed by atoms with Gasteiger partial charge in [-0.25, -0.2) is 13.8 Å². The summed E-state index contributed by atoms with van der Waals surface area (Å²) in [4.78, 5) is 3.02. The molecule has 0 unspecified atom stereocenters. The van der Waals surface area contributed by atoms with Crippen molar-refractivity contribution in [2.75, 3.05) is 0 Å². The molecular formula is C8H6ClF5N2. The van der Waals surface area contributed by atoms with Crippen LogP contribution in [0.3, 0.4) is 0 Å². The molecule has 1 heterocycles. The van der Waals surface area contributed by atoms with Crippen molar-refractivity contribution in [1.82, 2.24) is 4.98 Å². The van der Waals surface area contributed by atoms with Crippen molar-refractivity contribution in [2.45, 2.75) is 19.1 Å². The number of rotatable bonds is 2. The van der Waals surface area contributed by atoms with Crippen LogP contribution in [-0.4, -0.2) is 4.98 Å². The van der Waals surface area contributed by atoms with Crippen molar-refractivity contribution < 1.29 is 22.0 Å². The zero-order valence-corrected chi connectivity index (χ0v) is 8.41. The van der Waals surface area contributed by atoms with Crippen LogP contribution in [0.4, 0.5) is 22.0 Å². The van der Waals surface area contributed by atoms with E-state index in [-0.39, 0.29) is 0 Å². The first kappa shape index (κ1) is 13.1. The third-order valence-corrected chi connectivity index (χ3v) is 2.07. The van der Waals surface area contributed by atoms with Crippen LogP contribution >= 0.6 is 11.6 Å². The fourth-order valence-electron chi connectivity index (χ4n) is 1.09. The maximum absolute atomic E-state index is 12.4. The average Bonchev–Trinajstić information content (AvgIpc) is 2.15. The van der Waals surface area contributed by atoms with Gasteiger partial charge in [0.05, 0.1) is 10.7 Å². The van der Waals surface area contributed by atoms with Gasteiger partial charge in [0, 0.05) is 12.1 Å². The Morgan fingerprint density at radius 3 is 2.31 bits per heavy atom. The second kappa shape index (κ2) is 4.50. The van der Waals surface area contributed by atoms with Crippen LogP contribution in [0.2, 0.25) is 5.02 Å². The quantitative estimate of drug-likeness (QED) is 0.830. The van der Waals surface area contributed by atoms with Crippen LogP contribution in [0, 0.1) is 0 Å². The van der Waals surface area contributed by atoms with E-state index in [0.29, 0.717) is 6.07 Å². The highest BCUT2D eigenvalue weighted by Crippen LogP contribution is 2.35. The lowest BCUT2D eigenvalue weighted by Crippen LogP contribution is -2.14. The van der Waals surface area contributed by atoms with Crippen LogP contribution < -0.4 is 5.73 Å². The first-order valence-electron chi connectivity index (χ1n) is 4.02. The van der Waals surface area contributed by atoms with E-state index in [1.165, 1.54) is 0 Å². The SMILES string of the molecule is NCc1nc(C(F)(F)F)c(Cl)cc1C(F)F. The van der Waals surface area contributed by atoms with E-state index in [0.717, 1.165) is 0 Å². The van der Waals surface area contributed by atoms with E-state index in [1.54, 1.807) is 0 Å². The molecule has 2 nitrogen and oxygen atoms in total. The van der Waals surface area contributed by atoms with Crippen molar-refractivity contribution in [3.63, 3.8) is 0 Å². The fraction of sp³-hybridized carbons (Fsp3) is 0.375. The predicted octanol–water partition coefficient (Wildman–Crippen LogP) is 3.15. The second-order valence-electron chi connectivity index (χ2n) is 2.86. The molecule has 0 amide bonds. The lowest BCUT2D eigenvalue weighted by Gasteiger charge is -2.12. The zero-order chi connectivity index (χ0) is 12.5.